The van der Waals surface area contributed by atoms with Gasteiger partial charge in [0.1, 0.15) is 23.7 Å². The lowest BCUT2D eigenvalue weighted by atomic mass is 9.98. The van der Waals surface area contributed by atoms with Crippen LogP contribution in [0.4, 0.5) is 0 Å². The zero-order valence-corrected chi connectivity index (χ0v) is 23.7. The van der Waals surface area contributed by atoms with Crippen LogP contribution in [0.5, 0.6) is 5.75 Å². The predicted molar refractivity (Wildman–Crippen MR) is 149 cm³/mol. The van der Waals surface area contributed by atoms with Gasteiger partial charge in [0.05, 0.1) is 12.7 Å². The number of carbonyl (C=O) groups excluding carboxylic acids is 1. The Labute approximate surface area is 230 Å². The predicted octanol–water partition coefficient (Wildman–Crippen LogP) is 5.36. The first-order valence-corrected chi connectivity index (χ1v) is 13.2. The van der Waals surface area contributed by atoms with Gasteiger partial charge in [0.25, 0.3) is 0 Å². The quantitative estimate of drug-likeness (QED) is 0.111. The fourth-order valence-electron chi connectivity index (χ4n) is 3.23. The van der Waals surface area contributed by atoms with Crippen LogP contribution >= 0.6 is 45.2 Å². The largest absolute Gasteiger partial charge is 0.490 e. The summed E-state index contributed by atoms with van der Waals surface area (Å²) in [6.07, 6.45) is 2.82. The van der Waals surface area contributed by atoms with Gasteiger partial charge in [0, 0.05) is 23.9 Å². The average molecular weight is 707 g/mol. The summed E-state index contributed by atoms with van der Waals surface area (Å²) in [5, 5.41) is 18.9. The van der Waals surface area contributed by atoms with Gasteiger partial charge in [0.15, 0.2) is 5.78 Å². The molecule has 0 aliphatic carbocycles. The molecule has 10 heteroatoms. The highest BCUT2D eigenvalue weighted by molar-refractivity contribution is 14.1. The number of hydrogen-bond donors (Lipinski definition) is 3. The number of furan rings is 1. The number of fused-ring (bicyclic) bond motifs is 1. The number of aliphatic carboxylic acids is 2. The Bertz CT molecular complexity index is 1150. The van der Waals surface area contributed by atoms with Crippen molar-refractivity contribution >= 4 is 73.9 Å². The third-order valence-corrected chi connectivity index (χ3v) is 6.47. The summed E-state index contributed by atoms with van der Waals surface area (Å²) >= 11 is 4.49. The number of likely N-dealkylation sites (N-methyl/N-ethyl adjacent to an activating group) is 1. The second-order valence-corrected chi connectivity index (χ2v) is 9.73. The summed E-state index contributed by atoms with van der Waals surface area (Å²) in [7, 11) is 0. The second-order valence-electron chi connectivity index (χ2n) is 7.41. The molecule has 0 bridgehead atoms. The zero-order valence-electron chi connectivity index (χ0n) is 19.4. The number of carboxylic acid groups (broad SMARTS) is 2. The molecule has 0 fully saturated rings. The van der Waals surface area contributed by atoms with Crippen molar-refractivity contribution in [1.82, 2.24) is 5.32 Å². The number of benzene rings is 2. The highest BCUT2D eigenvalue weighted by Crippen LogP contribution is 2.33. The van der Waals surface area contributed by atoms with Crippen LogP contribution in [-0.4, -0.2) is 47.6 Å². The molecule has 2 aromatic carbocycles. The summed E-state index contributed by atoms with van der Waals surface area (Å²) in [6, 6.07) is 11.6. The smallest absolute Gasteiger partial charge is 0.414 e. The topological polar surface area (TPSA) is 126 Å². The fraction of sp³-hybridized carbons (Fsp3) is 0.320. The number of rotatable bonds is 10. The van der Waals surface area contributed by atoms with Crippen molar-refractivity contribution in [2.24, 2.45) is 0 Å². The third kappa shape index (κ3) is 8.17. The fourth-order valence-corrected chi connectivity index (χ4v) is 5.31. The molecule has 0 aliphatic heterocycles. The van der Waals surface area contributed by atoms with Crippen molar-refractivity contribution < 1.29 is 33.8 Å². The van der Waals surface area contributed by atoms with Crippen LogP contribution in [0.25, 0.3) is 11.0 Å². The van der Waals surface area contributed by atoms with Gasteiger partial charge in [-0.15, -0.1) is 0 Å². The van der Waals surface area contributed by atoms with Gasteiger partial charge in [-0.3, -0.25) is 4.79 Å². The molecular formula is C25H27I2NO7. The van der Waals surface area contributed by atoms with E-state index in [1.807, 2.05) is 36.4 Å². The van der Waals surface area contributed by atoms with Gasteiger partial charge in [-0.1, -0.05) is 38.5 Å². The Hall–Kier alpha value is -2.19. The molecule has 0 atom stereocenters. The lowest BCUT2D eigenvalue weighted by Gasteiger charge is -2.12. The Morgan fingerprint density at radius 2 is 1.66 bits per heavy atom. The number of aryl methyl sites for hydroxylation is 1. The van der Waals surface area contributed by atoms with Crippen molar-refractivity contribution in [3.8, 4) is 5.75 Å². The minimum Gasteiger partial charge on any atom is -0.490 e. The van der Waals surface area contributed by atoms with Crippen LogP contribution in [-0.2, 0) is 16.0 Å². The average Bonchev–Trinajstić information content (AvgIpc) is 3.19. The number of nitrogens with one attached hydrogen (secondary N) is 1. The van der Waals surface area contributed by atoms with Crippen molar-refractivity contribution in [2.75, 3.05) is 19.7 Å². The molecule has 3 aromatic rings. The number of ether oxygens (including phenoxy) is 1. The molecule has 0 radical (unpaired) electrons. The van der Waals surface area contributed by atoms with E-state index >= 15 is 0 Å². The van der Waals surface area contributed by atoms with E-state index in [9.17, 15) is 4.79 Å². The van der Waals surface area contributed by atoms with E-state index in [0.29, 0.717) is 17.7 Å². The van der Waals surface area contributed by atoms with Gasteiger partial charge in [-0.2, -0.15) is 0 Å². The number of hydrogen-bond acceptors (Lipinski definition) is 6. The maximum Gasteiger partial charge on any atom is 0.414 e. The molecule has 0 unspecified atom stereocenters. The minimum absolute atomic E-state index is 0.0103. The molecule has 8 nitrogen and oxygen atoms in total. The molecule has 35 heavy (non-hydrogen) atoms. The van der Waals surface area contributed by atoms with Crippen LogP contribution in [0.15, 0.2) is 40.8 Å². The first-order chi connectivity index (χ1) is 16.7. The standard InChI is InChI=1S/C23H25I2NO3.C2H2O4/c1-3-5-9-20-21(16-8-6-7-10-19(16)29-20)22(27)15-13-17(24)23(18(25)14-15)28-12-11-26-4-2;3-1(4)2(5)6/h6-8,10,13-14,26H,3-5,9,11-12H2,1-2H3;(H,3,4)(H,5,6). The molecule has 3 N–H and O–H groups in total. The number of carbonyl (C=O) groups is 3. The summed E-state index contributed by atoms with van der Waals surface area (Å²) in [5.41, 5.74) is 2.14. The maximum atomic E-state index is 13.5. The molecule has 188 valence electrons. The minimum atomic E-state index is -1.82. The van der Waals surface area contributed by atoms with Gasteiger partial charge in [-0.05, 0) is 76.3 Å². The van der Waals surface area contributed by atoms with E-state index in [4.69, 9.17) is 29.0 Å². The van der Waals surface area contributed by atoms with Gasteiger partial charge in [0.2, 0.25) is 0 Å². The van der Waals surface area contributed by atoms with Gasteiger partial charge >= 0.3 is 11.9 Å². The van der Waals surface area contributed by atoms with Crippen molar-refractivity contribution in [3.05, 3.63) is 60.4 Å². The molecule has 1 heterocycles. The monoisotopic (exact) mass is 707 g/mol. The Morgan fingerprint density at radius 3 is 2.23 bits per heavy atom. The lowest BCUT2D eigenvalue weighted by Crippen LogP contribution is -2.20. The second kappa shape index (κ2) is 14.4. The summed E-state index contributed by atoms with van der Waals surface area (Å²) < 4.78 is 13.9. The van der Waals surface area contributed by atoms with Gasteiger partial charge in [-0.25, -0.2) is 9.59 Å². The van der Waals surface area contributed by atoms with Crippen molar-refractivity contribution in [1.29, 1.82) is 0 Å². The highest BCUT2D eigenvalue weighted by atomic mass is 127. The summed E-state index contributed by atoms with van der Waals surface area (Å²) in [5.74, 6) is -2.01. The number of para-hydroxylation sites is 1. The third-order valence-electron chi connectivity index (χ3n) is 4.87. The summed E-state index contributed by atoms with van der Waals surface area (Å²) in [6.45, 7) is 6.53. The molecular weight excluding hydrogens is 680 g/mol. The molecule has 3 rings (SSSR count). The first-order valence-electron chi connectivity index (χ1n) is 11.0. The van der Waals surface area contributed by atoms with Crippen LogP contribution < -0.4 is 10.1 Å². The maximum absolute atomic E-state index is 13.5. The van der Waals surface area contributed by atoms with Crippen LogP contribution in [0.3, 0.4) is 0 Å². The highest BCUT2D eigenvalue weighted by Gasteiger charge is 2.23. The van der Waals surface area contributed by atoms with Crippen molar-refractivity contribution in [3.63, 3.8) is 0 Å². The molecule has 1 aromatic heterocycles. The van der Waals surface area contributed by atoms with Gasteiger partial charge < -0.3 is 24.7 Å². The number of carboxylic acids is 2. The molecule has 0 saturated heterocycles. The van der Waals surface area contributed by atoms with Crippen molar-refractivity contribution in [2.45, 2.75) is 33.1 Å². The number of halogens is 2. The molecule has 0 amide bonds. The number of ketones is 1. The van der Waals surface area contributed by atoms with E-state index in [-0.39, 0.29) is 5.78 Å². The van der Waals surface area contributed by atoms with E-state index in [0.717, 1.165) is 62.0 Å². The normalized spacial score (nSPS) is 10.5. The Kier molecular flexibility index (Phi) is 11.9. The first kappa shape index (κ1) is 29.0. The van der Waals surface area contributed by atoms with E-state index in [1.54, 1.807) is 0 Å². The van der Waals surface area contributed by atoms with E-state index < -0.39 is 11.9 Å². The zero-order chi connectivity index (χ0) is 26.0. The van der Waals surface area contributed by atoms with Crippen LogP contribution in [0, 0.1) is 7.14 Å². The molecule has 0 aliphatic rings. The van der Waals surface area contributed by atoms with Crippen LogP contribution in [0.1, 0.15) is 48.4 Å². The Balaban J connectivity index is 0.000000641. The number of unbranched alkanes of at least 4 members (excludes halogenated alkanes) is 1. The molecule has 0 spiro atoms. The Morgan fingerprint density at radius 1 is 1.03 bits per heavy atom. The summed E-state index contributed by atoms with van der Waals surface area (Å²) in [4.78, 5) is 31.7. The van der Waals surface area contributed by atoms with E-state index in [2.05, 4.69) is 64.3 Å². The molecule has 0 saturated carbocycles. The van der Waals surface area contributed by atoms with Crippen LogP contribution in [0.2, 0.25) is 0 Å². The SMILES string of the molecule is CCCCc1oc2ccccc2c1C(=O)c1cc(I)c(OCCNCC)c(I)c1.O=C(O)C(=O)O. The lowest BCUT2D eigenvalue weighted by molar-refractivity contribution is -0.159. The van der Waals surface area contributed by atoms with E-state index in [1.165, 1.54) is 0 Å².